The fraction of sp³-hybridized carbons (Fsp3) is 0.250. The number of nitrogens with one attached hydrogen (secondary N) is 3. The minimum Gasteiger partial charge on any atom is -0.358 e. The van der Waals surface area contributed by atoms with Gasteiger partial charge in [0.05, 0.1) is 16.8 Å². The topological polar surface area (TPSA) is 56.9 Å². The Morgan fingerprint density at radius 3 is 2.76 bits per heavy atom. The maximum atomic E-state index is 12.7. The molecule has 0 bridgehead atoms. The maximum Gasteiger partial charge on any atom is 0.271 e. The average molecular weight is 354 g/mol. The molecule has 0 fully saturated rings. The molecule has 25 heavy (non-hydrogen) atoms. The van der Waals surface area contributed by atoms with E-state index in [1.807, 2.05) is 24.3 Å². The number of halogens is 1. The second kappa shape index (κ2) is 6.81. The molecule has 0 saturated heterocycles. The third kappa shape index (κ3) is 3.22. The van der Waals surface area contributed by atoms with Gasteiger partial charge < -0.3 is 4.98 Å². The smallest absolute Gasteiger partial charge is 0.271 e. The molecule has 0 atom stereocenters. The molecule has 2 aromatic carbocycles. The van der Waals surface area contributed by atoms with Crippen LogP contribution in [0.2, 0.25) is 5.02 Å². The molecule has 4 rings (SSSR count). The van der Waals surface area contributed by atoms with E-state index in [0.29, 0.717) is 10.6 Å². The number of aromatic nitrogens is 1. The summed E-state index contributed by atoms with van der Waals surface area (Å²) in [6, 6.07) is 13.2. The minimum absolute atomic E-state index is 0.165. The molecule has 3 N–H and O–H groups in total. The zero-order valence-corrected chi connectivity index (χ0v) is 14.6. The highest BCUT2D eigenvalue weighted by atomic mass is 35.5. The van der Waals surface area contributed by atoms with E-state index >= 15 is 0 Å². The number of aromatic amines is 1. The van der Waals surface area contributed by atoms with Gasteiger partial charge in [0.15, 0.2) is 0 Å². The first-order valence-corrected chi connectivity index (χ1v) is 9.04. The Hall–Kier alpha value is -2.46. The van der Waals surface area contributed by atoms with Gasteiger partial charge in [-0.2, -0.15) is 0 Å². The van der Waals surface area contributed by atoms with Crippen LogP contribution in [-0.4, -0.2) is 10.9 Å². The summed E-state index contributed by atoms with van der Waals surface area (Å²) in [6.07, 6.45) is 5.84. The molecule has 1 aromatic heterocycles. The van der Waals surface area contributed by atoms with Crippen LogP contribution in [0.4, 0.5) is 5.69 Å². The van der Waals surface area contributed by atoms with E-state index in [0.717, 1.165) is 24.0 Å². The fourth-order valence-corrected chi connectivity index (χ4v) is 3.75. The summed E-state index contributed by atoms with van der Waals surface area (Å²) in [7, 11) is 0. The van der Waals surface area contributed by atoms with E-state index in [-0.39, 0.29) is 5.91 Å². The van der Waals surface area contributed by atoms with Crippen LogP contribution in [0, 0.1) is 0 Å². The number of benzene rings is 2. The van der Waals surface area contributed by atoms with Crippen LogP contribution in [-0.2, 0) is 12.8 Å². The molecule has 5 heteroatoms. The summed E-state index contributed by atoms with van der Waals surface area (Å²) >= 11 is 5.97. The standard InChI is InChI=1S/C20H20ClN3O/c21-13-6-4-7-14(12-13)23-24-20(25)17-10-5-9-16-15-8-2-1-3-11-18(15)22-19(16)17/h4-7,9-10,12,22-23H,1-3,8,11H2,(H,24,25). The summed E-state index contributed by atoms with van der Waals surface area (Å²) in [5.41, 5.74) is 10.7. The number of hydrogen-bond donors (Lipinski definition) is 3. The van der Waals surface area contributed by atoms with Crippen molar-refractivity contribution in [3.63, 3.8) is 0 Å². The van der Waals surface area contributed by atoms with Crippen molar-refractivity contribution in [2.24, 2.45) is 0 Å². The first-order chi connectivity index (χ1) is 12.2. The van der Waals surface area contributed by atoms with Gasteiger partial charge in [-0.25, -0.2) is 0 Å². The van der Waals surface area contributed by atoms with Gasteiger partial charge in [0.1, 0.15) is 0 Å². The van der Waals surface area contributed by atoms with Gasteiger partial charge in [-0.15, -0.1) is 0 Å². The molecule has 0 aliphatic heterocycles. The Bertz CT molecular complexity index is 932. The van der Waals surface area contributed by atoms with Crippen LogP contribution in [0.3, 0.4) is 0 Å². The monoisotopic (exact) mass is 353 g/mol. The van der Waals surface area contributed by atoms with E-state index in [1.54, 1.807) is 12.1 Å². The van der Waals surface area contributed by atoms with Crippen molar-refractivity contribution in [2.45, 2.75) is 32.1 Å². The van der Waals surface area contributed by atoms with E-state index in [1.165, 1.54) is 35.9 Å². The lowest BCUT2D eigenvalue weighted by Gasteiger charge is -2.09. The van der Waals surface area contributed by atoms with Gasteiger partial charge in [0, 0.05) is 16.1 Å². The van der Waals surface area contributed by atoms with E-state index in [4.69, 9.17) is 11.6 Å². The minimum atomic E-state index is -0.165. The van der Waals surface area contributed by atoms with Gasteiger partial charge in [0.2, 0.25) is 0 Å². The quantitative estimate of drug-likeness (QED) is 0.466. The SMILES string of the molecule is O=C(NNc1cccc(Cl)c1)c1cccc2c3c([nH]c12)CCCCC3. The van der Waals surface area contributed by atoms with Crippen LogP contribution in [0.15, 0.2) is 42.5 Å². The van der Waals surface area contributed by atoms with Gasteiger partial charge in [-0.05, 0) is 55.5 Å². The zero-order chi connectivity index (χ0) is 17.2. The normalized spacial score (nSPS) is 14.0. The first-order valence-electron chi connectivity index (χ1n) is 8.67. The van der Waals surface area contributed by atoms with E-state index < -0.39 is 0 Å². The third-order valence-corrected chi connectivity index (χ3v) is 5.01. The van der Waals surface area contributed by atoms with Crippen molar-refractivity contribution in [1.82, 2.24) is 10.4 Å². The Kier molecular flexibility index (Phi) is 4.36. The number of hydrogen-bond acceptors (Lipinski definition) is 2. The van der Waals surface area contributed by atoms with Crippen molar-refractivity contribution in [1.29, 1.82) is 0 Å². The molecular formula is C20H20ClN3O. The number of fused-ring (bicyclic) bond motifs is 3. The number of para-hydroxylation sites is 1. The zero-order valence-electron chi connectivity index (χ0n) is 13.9. The van der Waals surface area contributed by atoms with Gasteiger partial charge in [0.25, 0.3) is 5.91 Å². The Morgan fingerprint density at radius 2 is 1.88 bits per heavy atom. The molecule has 0 radical (unpaired) electrons. The van der Waals surface area contributed by atoms with Crippen molar-refractivity contribution in [2.75, 3.05) is 5.43 Å². The molecule has 4 nitrogen and oxygen atoms in total. The van der Waals surface area contributed by atoms with Crippen molar-refractivity contribution in [3.8, 4) is 0 Å². The number of hydrazine groups is 1. The van der Waals surface area contributed by atoms with Crippen molar-refractivity contribution >= 4 is 34.1 Å². The van der Waals surface area contributed by atoms with Gasteiger partial charge >= 0.3 is 0 Å². The molecule has 3 aromatic rings. The lowest BCUT2D eigenvalue weighted by molar-refractivity contribution is 0.0964. The number of aryl methyl sites for hydroxylation is 2. The van der Waals surface area contributed by atoms with E-state index in [9.17, 15) is 4.79 Å². The lowest BCUT2D eigenvalue weighted by atomic mass is 10.0. The fourth-order valence-electron chi connectivity index (χ4n) is 3.56. The van der Waals surface area contributed by atoms with Crippen LogP contribution in [0.25, 0.3) is 10.9 Å². The number of anilines is 1. The molecule has 1 amide bonds. The molecule has 0 unspecified atom stereocenters. The molecule has 1 heterocycles. The third-order valence-electron chi connectivity index (χ3n) is 4.77. The highest BCUT2D eigenvalue weighted by molar-refractivity contribution is 6.30. The van der Waals surface area contributed by atoms with Gasteiger partial charge in [-0.3, -0.25) is 15.6 Å². The second-order valence-corrected chi connectivity index (χ2v) is 6.90. The number of amides is 1. The highest BCUT2D eigenvalue weighted by Crippen LogP contribution is 2.30. The van der Waals surface area contributed by atoms with Crippen LogP contribution < -0.4 is 10.9 Å². The Morgan fingerprint density at radius 1 is 1.04 bits per heavy atom. The summed E-state index contributed by atoms with van der Waals surface area (Å²) in [6.45, 7) is 0. The molecule has 1 aliphatic carbocycles. The second-order valence-electron chi connectivity index (χ2n) is 6.46. The highest BCUT2D eigenvalue weighted by Gasteiger charge is 2.18. The first kappa shape index (κ1) is 16.0. The number of H-pyrrole nitrogens is 1. The van der Waals surface area contributed by atoms with Gasteiger partial charge in [-0.1, -0.05) is 36.2 Å². The van der Waals surface area contributed by atoms with E-state index in [2.05, 4.69) is 21.9 Å². The predicted octanol–water partition coefficient (Wildman–Crippen LogP) is 4.85. The largest absolute Gasteiger partial charge is 0.358 e. The average Bonchev–Trinajstić information content (AvgIpc) is 2.81. The van der Waals surface area contributed by atoms with Crippen LogP contribution in [0.5, 0.6) is 0 Å². The molecule has 0 saturated carbocycles. The number of carbonyl (C=O) groups excluding carboxylic acids is 1. The lowest BCUT2D eigenvalue weighted by Crippen LogP contribution is -2.29. The predicted molar refractivity (Wildman–Crippen MR) is 102 cm³/mol. The summed E-state index contributed by atoms with van der Waals surface area (Å²) in [5, 5.41) is 1.79. The maximum absolute atomic E-state index is 12.7. The molecule has 128 valence electrons. The number of carbonyl (C=O) groups is 1. The summed E-state index contributed by atoms with van der Waals surface area (Å²) in [4.78, 5) is 16.2. The van der Waals surface area contributed by atoms with Crippen LogP contribution in [0.1, 0.15) is 40.9 Å². The Balaban J connectivity index is 1.61. The summed E-state index contributed by atoms with van der Waals surface area (Å²) < 4.78 is 0. The Labute approximate surface area is 151 Å². The molecule has 0 spiro atoms. The number of rotatable bonds is 3. The molecular weight excluding hydrogens is 334 g/mol. The molecule has 1 aliphatic rings. The van der Waals surface area contributed by atoms with Crippen LogP contribution >= 0.6 is 11.6 Å². The van der Waals surface area contributed by atoms with Crippen molar-refractivity contribution < 1.29 is 4.79 Å². The summed E-state index contributed by atoms with van der Waals surface area (Å²) in [5.74, 6) is -0.165. The van der Waals surface area contributed by atoms with Crippen molar-refractivity contribution in [3.05, 3.63) is 64.3 Å².